The van der Waals surface area contributed by atoms with Gasteiger partial charge in [0.05, 0.1) is 14.2 Å². The van der Waals surface area contributed by atoms with Crippen molar-refractivity contribution in [2.24, 2.45) is 11.8 Å². The summed E-state index contributed by atoms with van der Waals surface area (Å²) in [5.74, 6) is -2.79. The maximum Gasteiger partial charge on any atom is 0.410 e. The molecule has 0 aliphatic carbocycles. The highest BCUT2D eigenvalue weighted by Gasteiger charge is 2.44. The first kappa shape index (κ1) is 19.3. The van der Waals surface area contributed by atoms with Crippen molar-refractivity contribution in [3.63, 3.8) is 0 Å². The van der Waals surface area contributed by atoms with Crippen LogP contribution in [0.4, 0.5) is 4.79 Å². The van der Waals surface area contributed by atoms with Crippen LogP contribution in [0.1, 0.15) is 40.5 Å². The average molecular weight is 329 g/mol. The lowest BCUT2D eigenvalue weighted by Gasteiger charge is -2.33. The third-order valence-corrected chi connectivity index (χ3v) is 3.97. The molecule has 2 atom stereocenters. The Morgan fingerprint density at radius 1 is 1.09 bits per heavy atom. The van der Waals surface area contributed by atoms with Crippen molar-refractivity contribution in [2.75, 3.05) is 20.8 Å². The molecule has 1 fully saturated rings. The molecule has 1 aliphatic heterocycles. The molecular weight excluding hydrogens is 302 g/mol. The maximum atomic E-state index is 12.3. The summed E-state index contributed by atoms with van der Waals surface area (Å²) in [4.78, 5) is 37.9. The third kappa shape index (κ3) is 4.84. The summed E-state index contributed by atoms with van der Waals surface area (Å²) in [6.07, 6.45) is 1.06. The average Bonchev–Trinajstić information content (AvgIpc) is 2.94. The molecule has 7 heteroatoms. The smallest absolute Gasteiger partial charge is 0.410 e. The van der Waals surface area contributed by atoms with Crippen LogP contribution in [0.25, 0.3) is 0 Å². The molecule has 0 N–H and O–H groups in total. The number of methoxy groups -OCH3 is 2. The van der Waals surface area contributed by atoms with Crippen molar-refractivity contribution in [3.8, 4) is 0 Å². The van der Waals surface area contributed by atoms with Gasteiger partial charge in [0.1, 0.15) is 5.60 Å². The topological polar surface area (TPSA) is 82.1 Å². The van der Waals surface area contributed by atoms with Gasteiger partial charge in [-0.2, -0.15) is 0 Å². The van der Waals surface area contributed by atoms with Crippen molar-refractivity contribution in [2.45, 2.75) is 52.2 Å². The van der Waals surface area contributed by atoms with Crippen LogP contribution in [0.2, 0.25) is 0 Å². The van der Waals surface area contributed by atoms with Gasteiger partial charge in [0.2, 0.25) is 0 Å². The predicted octanol–water partition coefficient (Wildman–Crippen LogP) is 1.98. The summed E-state index contributed by atoms with van der Waals surface area (Å²) in [6.45, 7) is 7.69. The Balaban J connectivity index is 2.94. The van der Waals surface area contributed by atoms with E-state index >= 15 is 0 Å². The zero-order valence-corrected chi connectivity index (χ0v) is 14.8. The first-order valence-electron chi connectivity index (χ1n) is 7.77. The quantitative estimate of drug-likeness (QED) is 0.446. The van der Waals surface area contributed by atoms with E-state index in [4.69, 9.17) is 14.2 Å². The van der Waals surface area contributed by atoms with Gasteiger partial charge in [0, 0.05) is 18.5 Å². The number of carbonyl (C=O) groups excluding carboxylic acids is 3. The van der Waals surface area contributed by atoms with E-state index in [9.17, 15) is 14.4 Å². The minimum Gasteiger partial charge on any atom is -0.468 e. The minimum absolute atomic E-state index is 0.270. The molecule has 7 nitrogen and oxygen atoms in total. The van der Waals surface area contributed by atoms with E-state index < -0.39 is 35.5 Å². The van der Waals surface area contributed by atoms with Crippen molar-refractivity contribution in [1.82, 2.24) is 4.90 Å². The lowest BCUT2D eigenvalue weighted by atomic mass is 9.86. The molecule has 1 amide bonds. The zero-order valence-electron chi connectivity index (χ0n) is 14.8. The Bertz CT molecular complexity index is 440. The summed E-state index contributed by atoms with van der Waals surface area (Å²) in [6, 6.07) is -0.270. The zero-order chi connectivity index (χ0) is 17.8. The minimum atomic E-state index is -1.06. The van der Waals surface area contributed by atoms with Crippen molar-refractivity contribution in [1.29, 1.82) is 0 Å². The first-order chi connectivity index (χ1) is 10.6. The van der Waals surface area contributed by atoms with Crippen LogP contribution in [0, 0.1) is 11.8 Å². The number of amides is 1. The number of hydrogen-bond acceptors (Lipinski definition) is 6. The Hall–Kier alpha value is -1.79. The molecule has 1 saturated heterocycles. The monoisotopic (exact) mass is 329 g/mol. The molecule has 0 aromatic rings. The molecule has 23 heavy (non-hydrogen) atoms. The Labute approximate surface area is 137 Å². The number of esters is 2. The summed E-state index contributed by atoms with van der Waals surface area (Å²) in [5.41, 5.74) is -0.600. The Kier molecular flexibility index (Phi) is 6.41. The molecule has 0 spiro atoms. The van der Waals surface area contributed by atoms with Gasteiger partial charge < -0.3 is 19.1 Å². The number of carbonyl (C=O) groups is 3. The van der Waals surface area contributed by atoms with Crippen molar-refractivity contribution >= 4 is 18.0 Å². The number of ether oxygens (including phenoxy) is 3. The lowest BCUT2D eigenvalue weighted by molar-refractivity contribution is -0.162. The first-order valence-corrected chi connectivity index (χ1v) is 7.77. The summed E-state index contributed by atoms with van der Waals surface area (Å²) in [5, 5.41) is 0. The second-order valence-electron chi connectivity index (χ2n) is 6.77. The fourth-order valence-electron chi connectivity index (χ4n) is 2.89. The molecular formula is C16H27NO6. The largest absolute Gasteiger partial charge is 0.468 e. The summed E-state index contributed by atoms with van der Waals surface area (Å²) >= 11 is 0. The summed E-state index contributed by atoms with van der Waals surface area (Å²) < 4.78 is 14.8. The van der Waals surface area contributed by atoms with Gasteiger partial charge in [-0.1, -0.05) is 6.92 Å². The fraction of sp³-hybridized carbons (Fsp3) is 0.812. The molecule has 2 unspecified atom stereocenters. The van der Waals surface area contributed by atoms with E-state index in [1.807, 2.05) is 0 Å². The summed E-state index contributed by atoms with van der Waals surface area (Å²) in [7, 11) is 2.45. The molecule has 0 bridgehead atoms. The molecule has 132 valence electrons. The van der Waals surface area contributed by atoms with Crippen LogP contribution in [0.5, 0.6) is 0 Å². The third-order valence-electron chi connectivity index (χ3n) is 3.97. The Morgan fingerprint density at radius 3 is 2.04 bits per heavy atom. The molecule has 0 aromatic carbocycles. The van der Waals surface area contributed by atoms with E-state index in [1.54, 1.807) is 32.6 Å². The Morgan fingerprint density at radius 2 is 1.61 bits per heavy atom. The second-order valence-corrected chi connectivity index (χ2v) is 6.77. The van der Waals surface area contributed by atoms with Crippen molar-refractivity contribution in [3.05, 3.63) is 0 Å². The van der Waals surface area contributed by atoms with Gasteiger partial charge in [-0.05, 0) is 33.6 Å². The number of hydrogen-bond donors (Lipinski definition) is 0. The predicted molar refractivity (Wildman–Crippen MR) is 82.6 cm³/mol. The van der Waals surface area contributed by atoms with E-state index in [0.29, 0.717) is 13.0 Å². The van der Waals surface area contributed by atoms with E-state index in [-0.39, 0.29) is 6.04 Å². The van der Waals surface area contributed by atoms with Gasteiger partial charge in [-0.3, -0.25) is 9.59 Å². The highest BCUT2D eigenvalue weighted by molar-refractivity contribution is 5.95. The number of likely N-dealkylation sites (tertiary alicyclic amines) is 1. The van der Waals surface area contributed by atoms with Crippen LogP contribution in [-0.4, -0.2) is 55.3 Å². The van der Waals surface area contributed by atoms with E-state index in [0.717, 1.165) is 6.42 Å². The van der Waals surface area contributed by atoms with Crippen LogP contribution < -0.4 is 0 Å². The van der Waals surface area contributed by atoms with Crippen molar-refractivity contribution < 1.29 is 28.6 Å². The van der Waals surface area contributed by atoms with Crippen LogP contribution in [0.15, 0.2) is 0 Å². The second kappa shape index (κ2) is 7.66. The highest BCUT2D eigenvalue weighted by Crippen LogP contribution is 2.31. The highest BCUT2D eigenvalue weighted by atomic mass is 16.6. The molecule has 0 radical (unpaired) electrons. The maximum absolute atomic E-state index is 12.3. The SMILES string of the molecule is COC(=O)C(C(=O)OC)C(C)C1CCCN1C(=O)OC(C)(C)C. The van der Waals surface area contributed by atoms with Crippen LogP contribution in [-0.2, 0) is 23.8 Å². The normalized spacial score (nSPS) is 19.4. The van der Waals surface area contributed by atoms with Gasteiger partial charge in [-0.25, -0.2) is 4.79 Å². The molecule has 1 aliphatic rings. The standard InChI is InChI=1S/C16H27NO6/c1-10(12(13(18)21-5)14(19)22-6)11-8-7-9-17(11)15(20)23-16(2,3)4/h10-12H,7-9H2,1-6H3. The molecule has 1 rings (SSSR count). The lowest BCUT2D eigenvalue weighted by Crippen LogP contribution is -2.47. The fourth-order valence-corrected chi connectivity index (χ4v) is 2.89. The van der Waals surface area contributed by atoms with E-state index in [2.05, 4.69) is 0 Å². The molecule has 0 saturated carbocycles. The van der Waals surface area contributed by atoms with E-state index in [1.165, 1.54) is 14.2 Å². The van der Waals surface area contributed by atoms with Gasteiger partial charge in [-0.15, -0.1) is 0 Å². The van der Waals surface area contributed by atoms with Gasteiger partial charge in [0.25, 0.3) is 0 Å². The molecule has 1 heterocycles. The van der Waals surface area contributed by atoms with Gasteiger partial charge in [0.15, 0.2) is 5.92 Å². The van der Waals surface area contributed by atoms with Crippen LogP contribution >= 0.6 is 0 Å². The molecule has 0 aromatic heterocycles. The van der Waals surface area contributed by atoms with Crippen LogP contribution in [0.3, 0.4) is 0 Å². The number of rotatable bonds is 4. The number of nitrogens with zero attached hydrogens (tertiary/aromatic N) is 1. The van der Waals surface area contributed by atoms with Gasteiger partial charge >= 0.3 is 18.0 Å².